The van der Waals surface area contributed by atoms with Crippen LogP contribution in [0.25, 0.3) is 0 Å². The summed E-state index contributed by atoms with van der Waals surface area (Å²) in [5.74, 6) is -1.07. The number of hydrogen-bond donors (Lipinski definition) is 1. The van der Waals surface area contributed by atoms with Gasteiger partial charge in [0.2, 0.25) is 0 Å². The Balaban J connectivity index is 4.61. The fourth-order valence-electron chi connectivity index (χ4n) is 5.41. The molecule has 10 nitrogen and oxygen atoms in total. The molecule has 1 N–H and O–H groups in total. The molecule has 0 saturated heterocycles. The zero-order valence-electron chi connectivity index (χ0n) is 37.5. The van der Waals surface area contributed by atoms with E-state index in [9.17, 15) is 24.2 Å². The molecule has 0 bridgehead atoms. The standard InChI is InChI=1S/C48H82NO9P/c1-6-8-10-12-14-16-18-20-21-22-23-25-27-29-31-33-35-39-48(52)58-46(44-57-59(53,54)56-42-41-49(3,4)5)43-55-47(51)40-36-38-45(50)37-34-32-30-28-26-24-19-17-15-13-11-9-7-2/h14-17,20-21,23-26,30,32,34,37,45-46,50H,6-13,18-19,22,27-29,31,33,35-36,38-44H2,1-5H3/b16-14-,17-15-,21-20-,25-23-,26-24-,32-30-,37-34+/t45-,46-/m1/s1. The van der Waals surface area contributed by atoms with E-state index >= 15 is 0 Å². The number of unbranched alkanes of at least 4 members (excludes halogenated alkanes) is 10. The number of quaternary nitrogens is 1. The summed E-state index contributed by atoms with van der Waals surface area (Å²) in [5, 5.41) is 10.3. The number of hydrogen-bond acceptors (Lipinski definition) is 9. The lowest BCUT2D eigenvalue weighted by molar-refractivity contribution is -0.870. The molecule has 59 heavy (non-hydrogen) atoms. The fourth-order valence-corrected chi connectivity index (χ4v) is 6.14. The first-order valence-corrected chi connectivity index (χ1v) is 23.9. The van der Waals surface area contributed by atoms with E-state index < -0.39 is 38.6 Å². The van der Waals surface area contributed by atoms with Gasteiger partial charge in [-0.25, -0.2) is 0 Å². The van der Waals surface area contributed by atoms with Crippen molar-refractivity contribution in [2.75, 3.05) is 47.5 Å². The number of aliphatic hydroxyl groups excluding tert-OH is 1. The summed E-state index contributed by atoms with van der Waals surface area (Å²) in [7, 11) is 1.03. The largest absolute Gasteiger partial charge is 0.756 e. The number of phosphoric acid groups is 1. The van der Waals surface area contributed by atoms with Crippen LogP contribution in [0, 0.1) is 0 Å². The van der Waals surface area contributed by atoms with E-state index in [1.165, 1.54) is 44.9 Å². The van der Waals surface area contributed by atoms with Gasteiger partial charge in [-0.1, -0.05) is 137 Å². The number of allylic oxidation sites excluding steroid dienone is 13. The molecule has 0 aliphatic carbocycles. The Morgan fingerprint density at radius 2 is 1.14 bits per heavy atom. The number of carbonyl (C=O) groups is 2. The predicted octanol–water partition coefficient (Wildman–Crippen LogP) is 11.1. The Hall–Kier alpha value is -2.85. The number of phosphoric ester groups is 1. The molecule has 0 saturated carbocycles. The van der Waals surface area contributed by atoms with Gasteiger partial charge in [0.05, 0.1) is 33.9 Å². The molecule has 0 rings (SSSR count). The second-order valence-electron chi connectivity index (χ2n) is 15.9. The van der Waals surface area contributed by atoms with Crippen LogP contribution in [0.5, 0.6) is 0 Å². The number of rotatable bonds is 39. The van der Waals surface area contributed by atoms with Crippen LogP contribution in [0.2, 0.25) is 0 Å². The maximum atomic E-state index is 12.7. The molecule has 0 aromatic heterocycles. The number of likely N-dealkylation sites (N-methyl/N-ethyl adjacent to an activating group) is 1. The second kappa shape index (κ2) is 39.3. The molecule has 0 aliphatic rings. The Morgan fingerprint density at radius 1 is 0.627 bits per heavy atom. The van der Waals surface area contributed by atoms with Crippen molar-refractivity contribution in [3.05, 3.63) is 85.1 Å². The highest BCUT2D eigenvalue weighted by atomic mass is 31.2. The highest BCUT2D eigenvalue weighted by molar-refractivity contribution is 7.45. The van der Waals surface area contributed by atoms with Crippen molar-refractivity contribution in [2.24, 2.45) is 0 Å². The fraction of sp³-hybridized carbons (Fsp3) is 0.667. The number of ether oxygens (including phenoxy) is 2. The van der Waals surface area contributed by atoms with Crippen LogP contribution in [-0.2, 0) is 32.7 Å². The molecule has 0 aliphatic heterocycles. The molecule has 0 radical (unpaired) electrons. The van der Waals surface area contributed by atoms with E-state index in [1.54, 1.807) is 12.2 Å². The average Bonchev–Trinajstić information content (AvgIpc) is 3.18. The van der Waals surface area contributed by atoms with Gasteiger partial charge in [0.1, 0.15) is 19.8 Å². The molecule has 0 heterocycles. The minimum absolute atomic E-state index is 0.0388. The highest BCUT2D eigenvalue weighted by Crippen LogP contribution is 2.38. The monoisotopic (exact) mass is 848 g/mol. The Labute approximate surface area is 359 Å². The van der Waals surface area contributed by atoms with Crippen LogP contribution in [-0.4, -0.2) is 81.2 Å². The summed E-state index contributed by atoms with van der Waals surface area (Å²) in [6, 6.07) is 0. The first-order chi connectivity index (χ1) is 28.4. The molecule has 0 spiro atoms. The normalized spacial score (nSPS) is 14.9. The number of nitrogens with zero attached hydrogens (tertiary/aromatic N) is 1. The van der Waals surface area contributed by atoms with Gasteiger partial charge >= 0.3 is 11.9 Å². The van der Waals surface area contributed by atoms with Gasteiger partial charge < -0.3 is 33.0 Å². The smallest absolute Gasteiger partial charge is 0.306 e. The molecule has 0 aromatic rings. The van der Waals surface area contributed by atoms with Gasteiger partial charge in [0.25, 0.3) is 7.82 Å². The third kappa shape index (κ3) is 43.1. The van der Waals surface area contributed by atoms with Crippen molar-refractivity contribution in [3.8, 4) is 0 Å². The molecule has 1 unspecified atom stereocenters. The lowest BCUT2D eigenvalue weighted by Crippen LogP contribution is -2.37. The lowest BCUT2D eigenvalue weighted by atomic mass is 10.1. The number of aliphatic hydroxyl groups is 1. The molecule has 3 atom stereocenters. The number of esters is 2. The highest BCUT2D eigenvalue weighted by Gasteiger charge is 2.21. The number of carbonyl (C=O) groups excluding carboxylic acids is 2. The first kappa shape index (κ1) is 56.1. The van der Waals surface area contributed by atoms with Crippen LogP contribution >= 0.6 is 7.82 Å². The van der Waals surface area contributed by atoms with Crippen LogP contribution in [0.4, 0.5) is 0 Å². The Kier molecular flexibility index (Phi) is 37.4. The van der Waals surface area contributed by atoms with E-state index in [4.69, 9.17) is 18.5 Å². The van der Waals surface area contributed by atoms with E-state index in [0.29, 0.717) is 30.3 Å². The zero-order valence-corrected chi connectivity index (χ0v) is 38.4. The Bertz CT molecular complexity index is 1300. The van der Waals surface area contributed by atoms with Gasteiger partial charge in [-0.05, 0) is 83.5 Å². The maximum Gasteiger partial charge on any atom is 0.306 e. The van der Waals surface area contributed by atoms with E-state index in [0.717, 1.165) is 57.8 Å². The SMILES string of the molecule is CCCCC/C=C\C/C=C\C/C=C\C=C\[C@@H](O)CCCC(=O)OC[C@H](COP(=O)([O-])OCC[N+](C)(C)C)OC(=O)CCCCCC/C=C\C/C=C\C/C=C\CCCCC. The summed E-state index contributed by atoms with van der Waals surface area (Å²) in [5.41, 5.74) is 0. The second-order valence-corrected chi connectivity index (χ2v) is 17.3. The van der Waals surface area contributed by atoms with Gasteiger partial charge in [0, 0.05) is 12.8 Å². The van der Waals surface area contributed by atoms with Crippen molar-refractivity contribution in [2.45, 2.75) is 161 Å². The minimum Gasteiger partial charge on any atom is -0.756 e. The summed E-state index contributed by atoms with van der Waals surface area (Å²) in [6.07, 6.45) is 46.4. The van der Waals surface area contributed by atoms with E-state index in [1.807, 2.05) is 33.3 Å². The van der Waals surface area contributed by atoms with Crippen LogP contribution in [0.15, 0.2) is 85.1 Å². The van der Waals surface area contributed by atoms with E-state index in [-0.39, 0.29) is 26.1 Å². The van der Waals surface area contributed by atoms with Crippen LogP contribution in [0.3, 0.4) is 0 Å². The topological polar surface area (TPSA) is 131 Å². The van der Waals surface area contributed by atoms with Gasteiger partial charge in [-0.15, -0.1) is 0 Å². The summed E-state index contributed by atoms with van der Waals surface area (Å²) >= 11 is 0. The van der Waals surface area contributed by atoms with Crippen molar-refractivity contribution >= 4 is 19.8 Å². The summed E-state index contributed by atoms with van der Waals surface area (Å²) in [4.78, 5) is 37.6. The maximum absolute atomic E-state index is 12.7. The van der Waals surface area contributed by atoms with Crippen molar-refractivity contribution in [1.29, 1.82) is 0 Å². The predicted molar refractivity (Wildman–Crippen MR) is 242 cm³/mol. The summed E-state index contributed by atoms with van der Waals surface area (Å²) in [6.45, 7) is 3.89. The van der Waals surface area contributed by atoms with Crippen LogP contribution < -0.4 is 4.89 Å². The molecule has 11 heteroatoms. The Morgan fingerprint density at radius 3 is 1.69 bits per heavy atom. The molecular weight excluding hydrogens is 765 g/mol. The van der Waals surface area contributed by atoms with Crippen LogP contribution in [0.1, 0.15) is 149 Å². The zero-order chi connectivity index (χ0) is 43.7. The minimum atomic E-state index is -4.68. The molecule has 0 fully saturated rings. The molecule has 338 valence electrons. The van der Waals surface area contributed by atoms with Crippen molar-refractivity contribution < 1.29 is 47.2 Å². The summed E-state index contributed by atoms with van der Waals surface area (Å²) < 4.78 is 33.7. The quantitative estimate of drug-likeness (QED) is 0.0160. The molecular formula is C48H82NO9P. The lowest BCUT2D eigenvalue weighted by Gasteiger charge is -2.28. The van der Waals surface area contributed by atoms with E-state index in [2.05, 4.69) is 74.6 Å². The van der Waals surface area contributed by atoms with Gasteiger partial charge in [-0.3, -0.25) is 14.2 Å². The average molecular weight is 848 g/mol. The third-order valence-corrected chi connectivity index (χ3v) is 9.96. The van der Waals surface area contributed by atoms with Crippen molar-refractivity contribution in [1.82, 2.24) is 0 Å². The van der Waals surface area contributed by atoms with Gasteiger partial charge in [-0.2, -0.15) is 0 Å². The van der Waals surface area contributed by atoms with Gasteiger partial charge in [0.15, 0.2) is 6.10 Å². The molecule has 0 amide bonds. The van der Waals surface area contributed by atoms with Crippen molar-refractivity contribution in [3.63, 3.8) is 0 Å². The third-order valence-electron chi connectivity index (χ3n) is 8.99. The molecule has 0 aromatic carbocycles. The first-order valence-electron chi connectivity index (χ1n) is 22.4.